The summed E-state index contributed by atoms with van der Waals surface area (Å²) in [6.45, 7) is 4.08. The van der Waals surface area contributed by atoms with Gasteiger partial charge >= 0.3 is 5.97 Å². The van der Waals surface area contributed by atoms with Crippen LogP contribution in [0.1, 0.15) is 42.0 Å². The summed E-state index contributed by atoms with van der Waals surface area (Å²) < 4.78 is 5.60. The highest BCUT2D eigenvalue weighted by Gasteiger charge is 2.44. The molecule has 1 aromatic heterocycles. The third kappa shape index (κ3) is 4.05. The number of halogens is 1. The number of nitrogens with one attached hydrogen (secondary N) is 1. The van der Waals surface area contributed by atoms with Crippen molar-refractivity contribution in [3.8, 4) is 0 Å². The minimum Gasteiger partial charge on any atom is -0.445 e. The lowest BCUT2D eigenvalue weighted by Gasteiger charge is -2.37. The number of aromatic nitrogens is 2. The number of ether oxygens (including phenoxy) is 1. The monoisotopic (exact) mass is 439 g/mol. The van der Waals surface area contributed by atoms with Gasteiger partial charge in [-0.25, -0.2) is 9.78 Å². The molecule has 1 aliphatic heterocycles. The topological polar surface area (TPSA) is 92.4 Å². The largest absolute Gasteiger partial charge is 0.445 e. The SMILES string of the molecule is CCCN(Cc1nc2cc(Cl)ccc2c(=O)[nH]1)C(=O)C1(C)Cc2ccccc2C(=O)O1. The molecule has 7 nitrogen and oxygen atoms in total. The molecular weight excluding hydrogens is 418 g/mol. The highest BCUT2D eigenvalue weighted by atomic mass is 35.5. The van der Waals surface area contributed by atoms with E-state index in [0.29, 0.717) is 40.3 Å². The lowest BCUT2D eigenvalue weighted by atomic mass is 9.89. The number of carbonyl (C=O) groups excluding carboxylic acids is 2. The Hall–Kier alpha value is -3.19. The van der Waals surface area contributed by atoms with Crippen LogP contribution in [0.4, 0.5) is 0 Å². The van der Waals surface area contributed by atoms with E-state index in [4.69, 9.17) is 16.3 Å². The summed E-state index contributed by atoms with van der Waals surface area (Å²) in [4.78, 5) is 47.2. The van der Waals surface area contributed by atoms with Crippen molar-refractivity contribution in [3.05, 3.63) is 74.8 Å². The van der Waals surface area contributed by atoms with Crippen LogP contribution in [0.15, 0.2) is 47.3 Å². The summed E-state index contributed by atoms with van der Waals surface area (Å²) in [6.07, 6.45) is 0.973. The molecule has 8 heteroatoms. The maximum absolute atomic E-state index is 13.5. The number of benzene rings is 2. The summed E-state index contributed by atoms with van der Waals surface area (Å²) >= 11 is 6.04. The summed E-state index contributed by atoms with van der Waals surface area (Å²) in [5.41, 5.74) is 0.0791. The number of aromatic amines is 1. The van der Waals surface area contributed by atoms with E-state index in [0.717, 1.165) is 5.56 Å². The van der Waals surface area contributed by atoms with E-state index in [9.17, 15) is 14.4 Å². The van der Waals surface area contributed by atoms with Crippen LogP contribution in [-0.4, -0.2) is 38.9 Å². The summed E-state index contributed by atoms with van der Waals surface area (Å²) in [5, 5.41) is 0.893. The lowest BCUT2D eigenvalue weighted by molar-refractivity contribution is -0.152. The summed E-state index contributed by atoms with van der Waals surface area (Å²) in [5.74, 6) is -0.500. The molecule has 0 fully saturated rings. The molecule has 0 saturated carbocycles. The van der Waals surface area contributed by atoms with Gasteiger partial charge in [0.1, 0.15) is 5.82 Å². The summed E-state index contributed by atoms with van der Waals surface area (Å²) in [6, 6.07) is 12.0. The number of cyclic esters (lactones) is 1. The van der Waals surface area contributed by atoms with Crippen LogP contribution in [0, 0.1) is 0 Å². The maximum atomic E-state index is 13.5. The number of H-pyrrole nitrogens is 1. The molecule has 1 N–H and O–H groups in total. The van der Waals surface area contributed by atoms with Gasteiger partial charge in [0.15, 0.2) is 5.60 Å². The Bertz CT molecular complexity index is 1240. The fourth-order valence-corrected chi connectivity index (χ4v) is 4.09. The summed E-state index contributed by atoms with van der Waals surface area (Å²) in [7, 11) is 0. The number of esters is 1. The van der Waals surface area contributed by atoms with Crippen molar-refractivity contribution >= 4 is 34.4 Å². The Balaban J connectivity index is 1.65. The second-order valence-corrected chi connectivity index (χ2v) is 8.29. The first-order chi connectivity index (χ1) is 14.8. The van der Waals surface area contributed by atoms with Crippen LogP contribution in [0.3, 0.4) is 0 Å². The molecule has 0 bridgehead atoms. The molecule has 1 amide bonds. The number of carbonyl (C=O) groups is 2. The average molecular weight is 440 g/mol. The van der Waals surface area contributed by atoms with Crippen molar-refractivity contribution in [2.75, 3.05) is 6.54 Å². The predicted octanol–water partition coefficient (Wildman–Crippen LogP) is 3.49. The smallest absolute Gasteiger partial charge is 0.339 e. The van der Waals surface area contributed by atoms with Gasteiger partial charge in [0.25, 0.3) is 11.5 Å². The number of nitrogens with zero attached hydrogens (tertiary/aromatic N) is 2. The van der Waals surface area contributed by atoms with E-state index in [1.54, 1.807) is 42.2 Å². The van der Waals surface area contributed by atoms with E-state index < -0.39 is 11.6 Å². The Labute approximate surface area is 184 Å². The zero-order valence-electron chi connectivity index (χ0n) is 17.3. The molecule has 0 saturated heterocycles. The molecule has 160 valence electrons. The predicted molar refractivity (Wildman–Crippen MR) is 117 cm³/mol. The first-order valence-corrected chi connectivity index (χ1v) is 10.5. The zero-order valence-corrected chi connectivity index (χ0v) is 18.0. The second kappa shape index (κ2) is 8.15. The molecule has 1 atom stereocenters. The van der Waals surface area contributed by atoms with Gasteiger partial charge in [0, 0.05) is 18.0 Å². The van der Waals surface area contributed by atoms with Gasteiger partial charge in [-0.1, -0.05) is 36.7 Å². The van der Waals surface area contributed by atoms with Crippen molar-refractivity contribution < 1.29 is 14.3 Å². The normalized spacial score (nSPS) is 17.8. The molecule has 0 spiro atoms. The molecule has 1 aliphatic rings. The van der Waals surface area contributed by atoms with Crippen molar-refractivity contribution in [3.63, 3.8) is 0 Å². The van der Waals surface area contributed by atoms with Gasteiger partial charge in [0.05, 0.1) is 23.0 Å². The Morgan fingerprint density at radius 1 is 1.26 bits per heavy atom. The third-order valence-corrected chi connectivity index (χ3v) is 5.61. The van der Waals surface area contributed by atoms with E-state index in [1.807, 2.05) is 19.1 Å². The van der Waals surface area contributed by atoms with Gasteiger partial charge in [-0.15, -0.1) is 0 Å². The second-order valence-electron chi connectivity index (χ2n) is 7.86. The van der Waals surface area contributed by atoms with E-state index in [1.165, 1.54) is 0 Å². The van der Waals surface area contributed by atoms with Crippen LogP contribution in [0.2, 0.25) is 5.02 Å². The zero-order chi connectivity index (χ0) is 22.2. The van der Waals surface area contributed by atoms with Crippen LogP contribution >= 0.6 is 11.6 Å². The van der Waals surface area contributed by atoms with Crippen LogP contribution in [0.25, 0.3) is 10.9 Å². The van der Waals surface area contributed by atoms with Crippen LogP contribution < -0.4 is 5.56 Å². The maximum Gasteiger partial charge on any atom is 0.339 e. The van der Waals surface area contributed by atoms with Crippen molar-refractivity contribution in [2.24, 2.45) is 0 Å². The molecule has 0 aliphatic carbocycles. The van der Waals surface area contributed by atoms with Crippen molar-refractivity contribution in [1.29, 1.82) is 0 Å². The van der Waals surface area contributed by atoms with Gasteiger partial charge in [0.2, 0.25) is 0 Å². The van der Waals surface area contributed by atoms with E-state index in [-0.39, 0.29) is 24.4 Å². The standard InChI is InChI=1S/C23H22ClN3O4/c1-3-10-27(13-19-25-18-11-15(24)8-9-17(18)20(28)26-19)22(30)23(2)12-14-6-4-5-7-16(14)21(29)31-23/h4-9,11H,3,10,12-13H2,1-2H3,(H,25,26,28). The first kappa shape index (κ1) is 21.1. The van der Waals surface area contributed by atoms with Gasteiger partial charge in [-0.05, 0) is 43.2 Å². The number of amides is 1. The number of hydrogen-bond donors (Lipinski definition) is 1. The highest BCUT2D eigenvalue weighted by Crippen LogP contribution is 2.30. The molecule has 4 rings (SSSR count). The molecule has 0 radical (unpaired) electrons. The number of hydrogen-bond acceptors (Lipinski definition) is 5. The van der Waals surface area contributed by atoms with E-state index in [2.05, 4.69) is 9.97 Å². The van der Waals surface area contributed by atoms with Gasteiger partial charge in [-0.3, -0.25) is 9.59 Å². The first-order valence-electron chi connectivity index (χ1n) is 10.1. The Kier molecular flexibility index (Phi) is 5.54. The fraction of sp³-hybridized carbons (Fsp3) is 0.304. The molecule has 2 heterocycles. The molecule has 1 unspecified atom stereocenters. The number of fused-ring (bicyclic) bond motifs is 2. The van der Waals surface area contributed by atoms with Crippen molar-refractivity contribution in [2.45, 2.75) is 38.8 Å². The van der Waals surface area contributed by atoms with Crippen LogP contribution in [0.5, 0.6) is 0 Å². The Morgan fingerprint density at radius 3 is 2.81 bits per heavy atom. The molecular formula is C23H22ClN3O4. The van der Waals surface area contributed by atoms with Gasteiger partial charge in [-0.2, -0.15) is 0 Å². The van der Waals surface area contributed by atoms with Crippen molar-refractivity contribution in [1.82, 2.24) is 14.9 Å². The number of rotatable bonds is 5. The van der Waals surface area contributed by atoms with E-state index >= 15 is 0 Å². The molecule has 3 aromatic rings. The molecule has 2 aromatic carbocycles. The van der Waals surface area contributed by atoms with Gasteiger partial charge < -0.3 is 14.6 Å². The lowest BCUT2D eigenvalue weighted by Crippen LogP contribution is -2.53. The average Bonchev–Trinajstić information content (AvgIpc) is 2.72. The third-order valence-electron chi connectivity index (χ3n) is 5.37. The minimum absolute atomic E-state index is 0.0825. The molecule has 31 heavy (non-hydrogen) atoms. The fourth-order valence-electron chi connectivity index (χ4n) is 3.93. The quantitative estimate of drug-likeness (QED) is 0.614. The minimum atomic E-state index is -1.33. The Morgan fingerprint density at radius 2 is 2.03 bits per heavy atom. The highest BCUT2D eigenvalue weighted by molar-refractivity contribution is 6.31. The van der Waals surface area contributed by atoms with Crippen LogP contribution in [-0.2, 0) is 22.5 Å².